The Bertz CT molecular complexity index is 706. The summed E-state index contributed by atoms with van der Waals surface area (Å²) in [5.74, 6) is 0.190. The number of carbonyl (C=O) groups is 1. The van der Waals surface area contributed by atoms with Crippen molar-refractivity contribution in [3.63, 3.8) is 0 Å². The van der Waals surface area contributed by atoms with Gasteiger partial charge in [0.1, 0.15) is 0 Å². The summed E-state index contributed by atoms with van der Waals surface area (Å²) < 4.78 is 2.00. The standard InChI is InChI=1S/C16H24ClN5OS/c1-4-20-5-7-21(8-6-20)15(23)12(2)19(3)11-13-14(17)18-16-22(13)9-10-24-16/h9-10,12H,4-8,11H2,1-3H3/t12-/m1/s1. The van der Waals surface area contributed by atoms with Crippen molar-refractivity contribution >= 4 is 33.8 Å². The molecule has 6 nitrogen and oxygen atoms in total. The maximum Gasteiger partial charge on any atom is 0.239 e. The second-order valence-corrected chi connectivity index (χ2v) is 7.49. The van der Waals surface area contributed by atoms with E-state index >= 15 is 0 Å². The van der Waals surface area contributed by atoms with E-state index in [-0.39, 0.29) is 11.9 Å². The minimum absolute atomic E-state index is 0.182. The fraction of sp³-hybridized carbons (Fsp3) is 0.625. The molecule has 3 rings (SSSR count). The first-order chi connectivity index (χ1) is 11.5. The van der Waals surface area contributed by atoms with Gasteiger partial charge in [0.05, 0.1) is 11.7 Å². The van der Waals surface area contributed by atoms with Crippen molar-refractivity contribution in [1.29, 1.82) is 0 Å². The highest BCUT2D eigenvalue weighted by atomic mass is 35.5. The lowest BCUT2D eigenvalue weighted by Gasteiger charge is -2.37. The molecule has 0 radical (unpaired) electrons. The molecule has 0 unspecified atom stereocenters. The molecule has 132 valence electrons. The van der Waals surface area contributed by atoms with E-state index in [0.717, 1.165) is 43.4 Å². The van der Waals surface area contributed by atoms with E-state index in [1.807, 2.05) is 39.7 Å². The molecule has 24 heavy (non-hydrogen) atoms. The van der Waals surface area contributed by atoms with Crippen molar-refractivity contribution < 1.29 is 4.79 Å². The summed E-state index contributed by atoms with van der Waals surface area (Å²) in [6.45, 7) is 9.32. The van der Waals surface area contributed by atoms with Gasteiger partial charge in [-0.15, -0.1) is 11.3 Å². The average Bonchev–Trinajstić information content (AvgIpc) is 3.16. The Hall–Kier alpha value is -1.15. The molecule has 1 aliphatic rings. The topological polar surface area (TPSA) is 44.1 Å². The predicted molar refractivity (Wildman–Crippen MR) is 97.7 cm³/mol. The molecule has 0 aromatic carbocycles. The van der Waals surface area contributed by atoms with Gasteiger partial charge in [0.2, 0.25) is 5.91 Å². The molecule has 0 aliphatic carbocycles. The van der Waals surface area contributed by atoms with Crippen molar-refractivity contribution in [1.82, 2.24) is 24.1 Å². The lowest BCUT2D eigenvalue weighted by Crippen LogP contribution is -2.53. The Morgan fingerprint density at radius 1 is 1.42 bits per heavy atom. The zero-order valence-corrected chi connectivity index (χ0v) is 16.0. The third-order valence-corrected chi connectivity index (χ3v) is 5.92. The highest BCUT2D eigenvalue weighted by molar-refractivity contribution is 7.15. The number of rotatable bonds is 5. The van der Waals surface area contributed by atoms with E-state index < -0.39 is 0 Å². The van der Waals surface area contributed by atoms with E-state index in [1.54, 1.807) is 11.3 Å². The molecule has 1 fully saturated rings. The van der Waals surface area contributed by atoms with Gasteiger partial charge < -0.3 is 9.80 Å². The molecule has 1 aliphatic heterocycles. The molecule has 3 heterocycles. The first kappa shape index (κ1) is 17.7. The van der Waals surface area contributed by atoms with Gasteiger partial charge in [-0.1, -0.05) is 18.5 Å². The molecule has 8 heteroatoms. The summed E-state index contributed by atoms with van der Waals surface area (Å²) in [7, 11) is 1.97. The minimum Gasteiger partial charge on any atom is -0.339 e. The van der Waals surface area contributed by atoms with Crippen LogP contribution in [0.4, 0.5) is 0 Å². The molecule has 1 amide bonds. The minimum atomic E-state index is -0.182. The van der Waals surface area contributed by atoms with Crippen LogP contribution in [0.15, 0.2) is 11.6 Å². The average molecular weight is 370 g/mol. The van der Waals surface area contributed by atoms with Crippen molar-refractivity contribution in [3.8, 4) is 0 Å². The summed E-state index contributed by atoms with van der Waals surface area (Å²) in [5.41, 5.74) is 0.936. The van der Waals surface area contributed by atoms with Crippen LogP contribution in [0, 0.1) is 0 Å². The van der Waals surface area contributed by atoms with Gasteiger partial charge in [-0.25, -0.2) is 4.98 Å². The van der Waals surface area contributed by atoms with Crippen LogP contribution in [-0.4, -0.2) is 75.8 Å². The van der Waals surface area contributed by atoms with Crippen LogP contribution in [0.3, 0.4) is 0 Å². The number of nitrogens with zero attached hydrogens (tertiary/aromatic N) is 5. The van der Waals surface area contributed by atoms with Crippen LogP contribution in [0.1, 0.15) is 19.5 Å². The number of imidazole rings is 1. The fourth-order valence-electron chi connectivity index (χ4n) is 3.06. The summed E-state index contributed by atoms with van der Waals surface area (Å²) in [5, 5.41) is 2.51. The molecular formula is C16H24ClN5OS. The number of fused-ring (bicyclic) bond motifs is 1. The normalized spacial score (nSPS) is 17.8. The van der Waals surface area contributed by atoms with Gasteiger partial charge in [-0.05, 0) is 20.5 Å². The number of halogens is 1. The van der Waals surface area contributed by atoms with Crippen LogP contribution in [0.5, 0.6) is 0 Å². The summed E-state index contributed by atoms with van der Waals surface area (Å²) in [6, 6.07) is -0.182. The number of likely N-dealkylation sites (N-methyl/N-ethyl adjacent to an activating group) is 2. The number of hydrogen-bond donors (Lipinski definition) is 0. The van der Waals surface area contributed by atoms with Crippen molar-refractivity contribution in [2.24, 2.45) is 0 Å². The van der Waals surface area contributed by atoms with Crippen LogP contribution in [-0.2, 0) is 11.3 Å². The number of piperazine rings is 1. The van der Waals surface area contributed by atoms with Gasteiger partial charge in [-0.3, -0.25) is 14.1 Å². The highest BCUT2D eigenvalue weighted by Crippen LogP contribution is 2.23. The fourth-order valence-corrected chi connectivity index (χ4v) is 4.07. The molecule has 0 bridgehead atoms. The Morgan fingerprint density at radius 3 is 2.79 bits per heavy atom. The largest absolute Gasteiger partial charge is 0.339 e. The van der Waals surface area contributed by atoms with E-state index in [1.165, 1.54) is 0 Å². The lowest BCUT2D eigenvalue weighted by molar-refractivity contribution is -0.137. The van der Waals surface area contributed by atoms with E-state index in [0.29, 0.717) is 11.7 Å². The highest BCUT2D eigenvalue weighted by Gasteiger charge is 2.27. The number of amides is 1. The first-order valence-corrected chi connectivity index (χ1v) is 9.58. The van der Waals surface area contributed by atoms with Crippen LogP contribution >= 0.6 is 22.9 Å². The zero-order valence-electron chi connectivity index (χ0n) is 14.4. The van der Waals surface area contributed by atoms with Crippen molar-refractivity contribution in [2.75, 3.05) is 39.8 Å². The van der Waals surface area contributed by atoms with Crippen LogP contribution in [0.25, 0.3) is 4.96 Å². The van der Waals surface area contributed by atoms with Gasteiger partial charge >= 0.3 is 0 Å². The number of carbonyl (C=O) groups excluding carboxylic acids is 1. The van der Waals surface area contributed by atoms with E-state index in [4.69, 9.17) is 11.6 Å². The molecule has 0 spiro atoms. The molecule has 0 N–H and O–H groups in total. The SMILES string of the molecule is CCN1CCN(C(=O)[C@@H](C)N(C)Cc2c(Cl)nc3sccn23)CC1. The Labute approximate surface area is 151 Å². The number of hydrogen-bond acceptors (Lipinski definition) is 5. The second kappa shape index (κ2) is 7.39. The first-order valence-electron chi connectivity index (χ1n) is 8.32. The second-order valence-electron chi connectivity index (χ2n) is 6.26. The molecule has 0 saturated carbocycles. The van der Waals surface area contributed by atoms with Crippen molar-refractivity contribution in [3.05, 3.63) is 22.4 Å². The van der Waals surface area contributed by atoms with Gasteiger partial charge in [0.15, 0.2) is 10.1 Å². The van der Waals surface area contributed by atoms with Gasteiger partial charge in [0, 0.05) is 44.3 Å². The predicted octanol–water partition coefficient (Wildman–Crippen LogP) is 2.03. The third kappa shape index (κ3) is 3.44. The smallest absolute Gasteiger partial charge is 0.239 e. The third-order valence-electron chi connectivity index (χ3n) is 4.86. The van der Waals surface area contributed by atoms with E-state index in [9.17, 15) is 4.79 Å². The number of thiazole rings is 1. The quantitative estimate of drug-likeness (QED) is 0.809. The lowest BCUT2D eigenvalue weighted by atomic mass is 10.2. The summed E-state index contributed by atoms with van der Waals surface area (Å²) >= 11 is 7.82. The Kier molecular flexibility index (Phi) is 5.44. The van der Waals surface area contributed by atoms with Crippen molar-refractivity contribution in [2.45, 2.75) is 26.4 Å². The molecular weight excluding hydrogens is 346 g/mol. The summed E-state index contributed by atoms with van der Waals surface area (Å²) in [6.07, 6.45) is 1.97. The molecule has 1 atom stereocenters. The van der Waals surface area contributed by atoms with E-state index in [2.05, 4.69) is 16.8 Å². The number of aromatic nitrogens is 2. The Morgan fingerprint density at radius 2 is 2.12 bits per heavy atom. The molecule has 2 aromatic rings. The molecule has 2 aromatic heterocycles. The maximum absolute atomic E-state index is 12.8. The van der Waals surface area contributed by atoms with Crippen LogP contribution in [0.2, 0.25) is 5.15 Å². The summed E-state index contributed by atoms with van der Waals surface area (Å²) in [4.78, 5) is 24.4. The van der Waals surface area contributed by atoms with Gasteiger partial charge in [0.25, 0.3) is 0 Å². The molecule has 1 saturated heterocycles. The van der Waals surface area contributed by atoms with Crippen LogP contribution < -0.4 is 0 Å². The van der Waals surface area contributed by atoms with Gasteiger partial charge in [-0.2, -0.15) is 0 Å². The monoisotopic (exact) mass is 369 g/mol. The zero-order chi connectivity index (χ0) is 17.3. The Balaban J connectivity index is 1.64. The maximum atomic E-state index is 12.8.